The van der Waals surface area contributed by atoms with Crippen LogP contribution in [0.25, 0.3) is 22.4 Å². The molecule has 6 nitrogen and oxygen atoms in total. The SMILES string of the molecule is CCCn1c(SCc2nnc(-c3cccc(C)c3)o2)nc2ccccc2c1=O. The quantitative estimate of drug-likeness (QED) is 0.356. The topological polar surface area (TPSA) is 73.8 Å². The van der Waals surface area contributed by atoms with Crippen molar-refractivity contribution in [2.75, 3.05) is 0 Å². The predicted molar refractivity (Wildman–Crippen MR) is 110 cm³/mol. The number of hydrogen-bond acceptors (Lipinski definition) is 6. The minimum atomic E-state index is -0.0130. The molecule has 2 aromatic heterocycles. The highest BCUT2D eigenvalue weighted by Gasteiger charge is 2.14. The molecule has 4 rings (SSSR count). The van der Waals surface area contributed by atoms with Gasteiger partial charge in [0.15, 0.2) is 5.16 Å². The van der Waals surface area contributed by atoms with Crippen LogP contribution in [0.4, 0.5) is 0 Å². The maximum Gasteiger partial charge on any atom is 0.262 e. The van der Waals surface area contributed by atoms with Gasteiger partial charge in [0.1, 0.15) is 0 Å². The number of benzene rings is 2. The number of rotatable bonds is 6. The van der Waals surface area contributed by atoms with Crippen LogP contribution in [0.2, 0.25) is 0 Å². The zero-order chi connectivity index (χ0) is 19.5. The second-order valence-corrected chi connectivity index (χ2v) is 7.47. The van der Waals surface area contributed by atoms with Crippen LogP contribution in [0.3, 0.4) is 0 Å². The van der Waals surface area contributed by atoms with Gasteiger partial charge in [0.05, 0.1) is 16.7 Å². The average Bonchev–Trinajstić information content (AvgIpc) is 3.18. The molecule has 0 aliphatic carbocycles. The molecule has 0 fully saturated rings. The first-order valence-electron chi connectivity index (χ1n) is 9.17. The highest BCUT2D eigenvalue weighted by Crippen LogP contribution is 2.24. The number of hydrogen-bond donors (Lipinski definition) is 0. The average molecular weight is 392 g/mol. The van der Waals surface area contributed by atoms with Gasteiger partial charge in [0.2, 0.25) is 11.8 Å². The Labute approximate surface area is 166 Å². The summed E-state index contributed by atoms with van der Waals surface area (Å²) in [6.07, 6.45) is 0.853. The van der Waals surface area contributed by atoms with Crippen LogP contribution in [0.1, 0.15) is 24.8 Å². The van der Waals surface area contributed by atoms with E-state index in [1.807, 2.05) is 62.4 Å². The number of aryl methyl sites for hydroxylation is 1. The van der Waals surface area contributed by atoms with Crippen LogP contribution in [-0.4, -0.2) is 19.7 Å². The lowest BCUT2D eigenvalue weighted by Crippen LogP contribution is -2.23. The molecule has 0 unspecified atom stereocenters. The fraction of sp³-hybridized carbons (Fsp3) is 0.238. The van der Waals surface area contributed by atoms with E-state index in [1.54, 1.807) is 4.57 Å². The maximum absolute atomic E-state index is 12.8. The first kappa shape index (κ1) is 18.4. The Morgan fingerprint density at radius 2 is 1.96 bits per heavy atom. The van der Waals surface area contributed by atoms with Crippen molar-refractivity contribution in [3.8, 4) is 11.5 Å². The van der Waals surface area contributed by atoms with Gasteiger partial charge in [-0.05, 0) is 37.6 Å². The third kappa shape index (κ3) is 3.71. The molecular weight excluding hydrogens is 372 g/mol. The Morgan fingerprint density at radius 1 is 1.11 bits per heavy atom. The molecule has 2 aromatic carbocycles. The summed E-state index contributed by atoms with van der Waals surface area (Å²) in [6, 6.07) is 15.4. The van der Waals surface area contributed by atoms with E-state index in [9.17, 15) is 4.79 Å². The van der Waals surface area contributed by atoms with E-state index >= 15 is 0 Å². The maximum atomic E-state index is 12.8. The van der Waals surface area contributed by atoms with Crippen LogP contribution < -0.4 is 5.56 Å². The van der Waals surface area contributed by atoms with E-state index in [1.165, 1.54) is 11.8 Å². The zero-order valence-electron chi connectivity index (χ0n) is 15.8. The molecule has 0 radical (unpaired) electrons. The smallest absolute Gasteiger partial charge is 0.262 e. The molecule has 0 atom stereocenters. The van der Waals surface area contributed by atoms with Gasteiger partial charge in [0.25, 0.3) is 5.56 Å². The summed E-state index contributed by atoms with van der Waals surface area (Å²) >= 11 is 1.44. The van der Waals surface area contributed by atoms with Crippen molar-refractivity contribution in [3.05, 3.63) is 70.3 Å². The van der Waals surface area contributed by atoms with Crippen molar-refractivity contribution in [1.82, 2.24) is 19.7 Å². The highest BCUT2D eigenvalue weighted by molar-refractivity contribution is 7.98. The van der Waals surface area contributed by atoms with E-state index in [4.69, 9.17) is 4.42 Å². The number of fused-ring (bicyclic) bond motifs is 1. The monoisotopic (exact) mass is 392 g/mol. The molecule has 0 saturated heterocycles. The molecule has 0 aliphatic heterocycles. The molecule has 0 saturated carbocycles. The Balaban J connectivity index is 1.61. The third-order valence-electron chi connectivity index (χ3n) is 4.33. The Bertz CT molecular complexity index is 1180. The number of thioether (sulfide) groups is 1. The molecular formula is C21H20N4O2S. The van der Waals surface area contributed by atoms with Crippen LogP contribution in [0.5, 0.6) is 0 Å². The summed E-state index contributed by atoms with van der Waals surface area (Å²) in [5, 5.41) is 9.60. The van der Waals surface area contributed by atoms with Gasteiger partial charge in [0, 0.05) is 12.1 Å². The molecule has 7 heteroatoms. The largest absolute Gasteiger partial charge is 0.420 e. The number of para-hydroxylation sites is 1. The molecule has 0 spiro atoms. The van der Waals surface area contributed by atoms with Gasteiger partial charge < -0.3 is 4.42 Å². The normalized spacial score (nSPS) is 11.2. The number of nitrogens with zero attached hydrogens (tertiary/aromatic N) is 4. The van der Waals surface area contributed by atoms with Crippen molar-refractivity contribution < 1.29 is 4.42 Å². The lowest BCUT2D eigenvalue weighted by Gasteiger charge is -2.11. The summed E-state index contributed by atoms with van der Waals surface area (Å²) in [5.41, 5.74) is 2.72. The molecule has 28 heavy (non-hydrogen) atoms. The van der Waals surface area contributed by atoms with Gasteiger partial charge in [-0.3, -0.25) is 9.36 Å². The van der Waals surface area contributed by atoms with Gasteiger partial charge in [-0.2, -0.15) is 0 Å². The van der Waals surface area contributed by atoms with Crippen LogP contribution in [0.15, 0.2) is 62.9 Å². The van der Waals surface area contributed by atoms with Gasteiger partial charge in [-0.25, -0.2) is 4.98 Å². The van der Waals surface area contributed by atoms with Crippen molar-refractivity contribution in [1.29, 1.82) is 0 Å². The van der Waals surface area contributed by atoms with Gasteiger partial charge in [-0.15, -0.1) is 10.2 Å². The van der Waals surface area contributed by atoms with Gasteiger partial charge >= 0.3 is 0 Å². The Kier molecular flexibility index (Phi) is 5.25. The van der Waals surface area contributed by atoms with E-state index in [0.29, 0.717) is 40.1 Å². The molecule has 0 bridgehead atoms. The van der Waals surface area contributed by atoms with E-state index < -0.39 is 0 Å². The van der Waals surface area contributed by atoms with Crippen molar-refractivity contribution >= 4 is 22.7 Å². The van der Waals surface area contributed by atoms with Crippen LogP contribution in [-0.2, 0) is 12.3 Å². The predicted octanol–water partition coefficient (Wildman–Crippen LogP) is 4.46. The highest BCUT2D eigenvalue weighted by atomic mass is 32.2. The minimum absolute atomic E-state index is 0.0130. The fourth-order valence-electron chi connectivity index (χ4n) is 3.01. The molecule has 0 N–H and O–H groups in total. The number of aromatic nitrogens is 4. The molecule has 142 valence electrons. The summed E-state index contributed by atoms with van der Waals surface area (Å²) in [6.45, 7) is 4.69. The van der Waals surface area contributed by atoms with Crippen LogP contribution >= 0.6 is 11.8 Å². The lowest BCUT2D eigenvalue weighted by molar-refractivity contribution is 0.527. The summed E-state index contributed by atoms with van der Waals surface area (Å²) in [7, 11) is 0. The van der Waals surface area contributed by atoms with Crippen LogP contribution in [0, 0.1) is 6.92 Å². The fourth-order valence-corrected chi connectivity index (χ4v) is 3.87. The summed E-state index contributed by atoms with van der Waals surface area (Å²) in [4.78, 5) is 17.5. The molecule has 4 aromatic rings. The van der Waals surface area contributed by atoms with E-state index in [2.05, 4.69) is 15.2 Å². The first-order chi connectivity index (χ1) is 13.7. The lowest BCUT2D eigenvalue weighted by atomic mass is 10.1. The molecule has 2 heterocycles. The second-order valence-electron chi connectivity index (χ2n) is 6.53. The van der Waals surface area contributed by atoms with Gasteiger partial charge in [-0.1, -0.05) is 48.5 Å². The summed E-state index contributed by atoms with van der Waals surface area (Å²) < 4.78 is 7.53. The zero-order valence-corrected chi connectivity index (χ0v) is 16.6. The van der Waals surface area contributed by atoms with E-state index in [0.717, 1.165) is 17.5 Å². The van der Waals surface area contributed by atoms with Crippen molar-refractivity contribution in [3.63, 3.8) is 0 Å². The molecule has 0 aliphatic rings. The summed E-state index contributed by atoms with van der Waals surface area (Å²) in [5.74, 6) is 1.46. The minimum Gasteiger partial charge on any atom is -0.420 e. The van der Waals surface area contributed by atoms with E-state index in [-0.39, 0.29) is 5.56 Å². The standard InChI is InChI=1S/C21H20N4O2S/c1-3-11-25-20(26)16-9-4-5-10-17(16)22-21(25)28-13-18-23-24-19(27-18)15-8-6-7-14(2)12-15/h4-10,12H,3,11,13H2,1-2H3. The first-order valence-corrected chi connectivity index (χ1v) is 10.2. The van der Waals surface area contributed by atoms with Crippen molar-refractivity contribution in [2.24, 2.45) is 0 Å². The Morgan fingerprint density at radius 3 is 2.79 bits per heavy atom. The molecule has 0 amide bonds. The van der Waals surface area contributed by atoms with Crippen molar-refractivity contribution in [2.45, 2.75) is 37.7 Å². The second kappa shape index (κ2) is 7.98. The third-order valence-corrected chi connectivity index (χ3v) is 5.29. The Hall–Kier alpha value is -2.93.